The Labute approximate surface area is 115 Å². The lowest BCUT2D eigenvalue weighted by Gasteiger charge is -2.08. The summed E-state index contributed by atoms with van der Waals surface area (Å²) in [4.78, 5) is 0. The van der Waals surface area contributed by atoms with Crippen LogP contribution < -0.4 is 4.57 Å². The van der Waals surface area contributed by atoms with Gasteiger partial charge in [-0.25, -0.2) is 4.57 Å². The smallest absolute Gasteiger partial charge is 0.249 e. The second-order valence-corrected chi connectivity index (χ2v) is 5.32. The molecule has 0 saturated carbocycles. The zero-order valence-electron chi connectivity index (χ0n) is 12.5. The molecule has 1 aromatic carbocycles. The van der Waals surface area contributed by atoms with Gasteiger partial charge in [0, 0.05) is 13.8 Å². The monoisotopic (exact) mass is 259 g/mol. The van der Waals surface area contributed by atoms with Crippen LogP contribution >= 0.6 is 0 Å². The van der Waals surface area contributed by atoms with Crippen LogP contribution in [-0.2, 0) is 6.54 Å². The van der Waals surface area contributed by atoms with Crippen molar-refractivity contribution in [2.45, 2.75) is 41.2 Å². The van der Waals surface area contributed by atoms with Gasteiger partial charge >= 0.3 is 0 Å². The zero-order valence-corrected chi connectivity index (χ0v) is 12.5. The molecule has 0 amide bonds. The summed E-state index contributed by atoms with van der Waals surface area (Å²) in [6, 6.07) is 4.43. The van der Waals surface area contributed by atoms with E-state index in [1.54, 1.807) is 0 Å². The number of aromatic nitrogens is 2. The van der Waals surface area contributed by atoms with Crippen molar-refractivity contribution in [3.05, 3.63) is 46.5 Å². The van der Waals surface area contributed by atoms with Crippen LogP contribution in [0.5, 0.6) is 0 Å². The molecule has 102 valence electrons. The van der Waals surface area contributed by atoms with Gasteiger partial charge in [0.2, 0.25) is 6.33 Å². The highest BCUT2D eigenvalue weighted by Crippen LogP contribution is 2.22. The van der Waals surface area contributed by atoms with Crippen molar-refractivity contribution in [1.82, 2.24) is 4.57 Å². The van der Waals surface area contributed by atoms with E-state index in [4.69, 9.17) is 5.11 Å². The number of benzene rings is 1. The highest BCUT2D eigenvalue weighted by molar-refractivity contribution is 5.50. The van der Waals surface area contributed by atoms with E-state index in [0.717, 1.165) is 0 Å². The Kier molecular flexibility index (Phi) is 3.76. The quantitative estimate of drug-likeness (QED) is 0.842. The number of aliphatic hydroxyl groups is 1. The Hall–Kier alpha value is -1.61. The number of rotatable bonds is 3. The second-order valence-electron chi connectivity index (χ2n) is 5.32. The third kappa shape index (κ3) is 2.43. The van der Waals surface area contributed by atoms with Gasteiger partial charge in [0.15, 0.2) is 0 Å². The van der Waals surface area contributed by atoms with E-state index in [1.807, 2.05) is 0 Å². The maximum Gasteiger partial charge on any atom is 0.249 e. The van der Waals surface area contributed by atoms with Gasteiger partial charge in [-0.1, -0.05) is 17.7 Å². The molecule has 0 radical (unpaired) electrons. The van der Waals surface area contributed by atoms with Gasteiger partial charge in [0.1, 0.15) is 23.6 Å². The molecular formula is C16H23N2O+. The predicted octanol–water partition coefficient (Wildman–Crippen LogP) is 2.30. The molecule has 3 heteroatoms. The van der Waals surface area contributed by atoms with Gasteiger partial charge in [-0.3, -0.25) is 0 Å². The lowest BCUT2D eigenvalue weighted by Crippen LogP contribution is -2.36. The van der Waals surface area contributed by atoms with Gasteiger partial charge in [-0.2, -0.15) is 4.57 Å². The first kappa shape index (κ1) is 13.8. The van der Waals surface area contributed by atoms with E-state index in [9.17, 15) is 0 Å². The summed E-state index contributed by atoms with van der Waals surface area (Å²) in [5.74, 6) is 0. The number of imidazole rings is 1. The predicted molar refractivity (Wildman–Crippen MR) is 76.7 cm³/mol. The van der Waals surface area contributed by atoms with Crippen LogP contribution in [-0.4, -0.2) is 16.3 Å². The number of nitrogens with zero attached hydrogens (tertiary/aromatic N) is 2. The fraction of sp³-hybridized carbons (Fsp3) is 0.438. The second kappa shape index (κ2) is 5.17. The summed E-state index contributed by atoms with van der Waals surface area (Å²) in [6.45, 7) is 11.5. The summed E-state index contributed by atoms with van der Waals surface area (Å²) >= 11 is 0. The molecule has 0 fully saturated rings. The summed E-state index contributed by atoms with van der Waals surface area (Å²) in [6.07, 6.45) is 2.09. The van der Waals surface area contributed by atoms with Gasteiger partial charge in [-0.15, -0.1) is 0 Å². The van der Waals surface area contributed by atoms with Crippen LogP contribution in [0.3, 0.4) is 0 Å². The fourth-order valence-electron chi connectivity index (χ4n) is 2.81. The van der Waals surface area contributed by atoms with Crippen molar-refractivity contribution in [2.75, 3.05) is 6.61 Å². The number of aryl methyl sites for hydroxylation is 3. The normalized spacial score (nSPS) is 11.1. The van der Waals surface area contributed by atoms with Crippen molar-refractivity contribution >= 4 is 0 Å². The van der Waals surface area contributed by atoms with Crippen LogP contribution in [0.15, 0.2) is 18.5 Å². The van der Waals surface area contributed by atoms with E-state index in [1.165, 1.54) is 33.8 Å². The SMILES string of the molecule is Cc1cc(C)c(-n2c[n+](CCO)c(C)c2C)c(C)c1. The highest BCUT2D eigenvalue weighted by atomic mass is 16.3. The lowest BCUT2D eigenvalue weighted by molar-refractivity contribution is -0.703. The molecule has 3 nitrogen and oxygen atoms in total. The molecular weight excluding hydrogens is 236 g/mol. The van der Waals surface area contributed by atoms with Crippen molar-refractivity contribution in [2.24, 2.45) is 0 Å². The molecule has 0 aliphatic carbocycles. The Morgan fingerprint density at radius 1 is 1.05 bits per heavy atom. The summed E-state index contributed by atoms with van der Waals surface area (Å²) in [7, 11) is 0. The average Bonchev–Trinajstić information content (AvgIpc) is 2.57. The molecule has 0 atom stereocenters. The molecule has 0 spiro atoms. The topological polar surface area (TPSA) is 29.0 Å². The molecule has 1 aromatic heterocycles. The Balaban J connectivity index is 2.63. The maximum atomic E-state index is 9.13. The Morgan fingerprint density at radius 2 is 1.63 bits per heavy atom. The lowest BCUT2D eigenvalue weighted by atomic mass is 10.0. The van der Waals surface area contributed by atoms with Crippen LogP contribution in [0.25, 0.3) is 5.69 Å². The molecule has 0 aliphatic rings. The third-order valence-corrected chi connectivity index (χ3v) is 3.79. The third-order valence-electron chi connectivity index (χ3n) is 3.79. The first-order valence-electron chi connectivity index (χ1n) is 6.72. The maximum absolute atomic E-state index is 9.13. The molecule has 0 unspecified atom stereocenters. The van der Waals surface area contributed by atoms with Crippen molar-refractivity contribution in [3.8, 4) is 5.69 Å². The van der Waals surface area contributed by atoms with Crippen LogP contribution in [0.4, 0.5) is 0 Å². The largest absolute Gasteiger partial charge is 0.392 e. The van der Waals surface area contributed by atoms with Crippen LogP contribution in [0.1, 0.15) is 28.1 Å². The minimum absolute atomic E-state index is 0.167. The van der Waals surface area contributed by atoms with Crippen molar-refractivity contribution < 1.29 is 9.67 Å². The molecule has 19 heavy (non-hydrogen) atoms. The summed E-state index contributed by atoms with van der Waals surface area (Å²) in [5.41, 5.74) is 7.54. The molecule has 0 aliphatic heterocycles. The molecule has 1 N–H and O–H groups in total. The molecule has 0 saturated heterocycles. The molecule has 0 bridgehead atoms. The zero-order chi connectivity index (χ0) is 14.2. The van der Waals surface area contributed by atoms with Gasteiger partial charge in [0.05, 0.1) is 6.61 Å². The Bertz CT molecular complexity index is 588. The number of hydrogen-bond acceptors (Lipinski definition) is 1. The van der Waals surface area contributed by atoms with Gasteiger partial charge < -0.3 is 5.11 Å². The summed E-state index contributed by atoms with van der Waals surface area (Å²) < 4.78 is 4.34. The minimum Gasteiger partial charge on any atom is -0.392 e. The van der Waals surface area contributed by atoms with E-state index in [-0.39, 0.29) is 6.61 Å². The first-order chi connectivity index (χ1) is 8.95. The van der Waals surface area contributed by atoms with Crippen LogP contribution in [0, 0.1) is 34.6 Å². The van der Waals surface area contributed by atoms with E-state index >= 15 is 0 Å². The molecule has 1 heterocycles. The molecule has 2 rings (SSSR count). The first-order valence-corrected chi connectivity index (χ1v) is 6.72. The number of hydrogen-bond donors (Lipinski definition) is 1. The van der Waals surface area contributed by atoms with Gasteiger partial charge in [-0.05, 0) is 31.9 Å². The summed E-state index contributed by atoms with van der Waals surface area (Å²) in [5, 5.41) is 9.13. The van der Waals surface area contributed by atoms with E-state index < -0.39 is 0 Å². The average molecular weight is 259 g/mol. The van der Waals surface area contributed by atoms with Crippen molar-refractivity contribution in [3.63, 3.8) is 0 Å². The van der Waals surface area contributed by atoms with E-state index in [2.05, 4.69) is 62.2 Å². The molecule has 2 aromatic rings. The van der Waals surface area contributed by atoms with Crippen LogP contribution in [0.2, 0.25) is 0 Å². The van der Waals surface area contributed by atoms with Gasteiger partial charge in [0.25, 0.3) is 0 Å². The number of aliphatic hydroxyl groups excluding tert-OH is 1. The fourth-order valence-corrected chi connectivity index (χ4v) is 2.81. The highest BCUT2D eigenvalue weighted by Gasteiger charge is 2.20. The standard InChI is InChI=1S/C16H23N2O/c1-11-8-12(2)16(13(3)9-11)18-10-17(6-7-19)14(4)15(18)5/h8-10,19H,6-7H2,1-5H3/q+1. The minimum atomic E-state index is 0.167. The van der Waals surface area contributed by atoms with Crippen molar-refractivity contribution in [1.29, 1.82) is 0 Å². The van der Waals surface area contributed by atoms with E-state index in [0.29, 0.717) is 6.54 Å². The Morgan fingerprint density at radius 3 is 2.16 bits per heavy atom.